The molecule has 0 bridgehead atoms. The SMILES string of the molecule is CCCCCN[AsH]C(C)CC. The maximum absolute atomic E-state index is 3.60. The second-order valence-corrected chi connectivity index (χ2v) is 6.50. The van der Waals surface area contributed by atoms with Gasteiger partial charge in [0.1, 0.15) is 0 Å². The van der Waals surface area contributed by atoms with Crippen LogP contribution in [0.25, 0.3) is 0 Å². The van der Waals surface area contributed by atoms with E-state index in [1.54, 1.807) is 0 Å². The third kappa shape index (κ3) is 8.42. The predicted molar refractivity (Wildman–Crippen MR) is 54.4 cm³/mol. The van der Waals surface area contributed by atoms with Crippen LogP contribution < -0.4 is 4.23 Å². The van der Waals surface area contributed by atoms with E-state index in [1.807, 2.05) is 0 Å². The van der Waals surface area contributed by atoms with Crippen molar-refractivity contribution in [3.8, 4) is 0 Å². The van der Waals surface area contributed by atoms with Crippen molar-refractivity contribution in [2.45, 2.75) is 51.2 Å². The van der Waals surface area contributed by atoms with E-state index >= 15 is 0 Å². The molecule has 11 heavy (non-hydrogen) atoms. The first-order valence-electron chi connectivity index (χ1n) is 4.79. The van der Waals surface area contributed by atoms with Crippen LogP contribution in [-0.4, -0.2) is 22.5 Å². The fourth-order valence-electron chi connectivity index (χ4n) is 0.812. The van der Waals surface area contributed by atoms with Crippen LogP contribution in [0.1, 0.15) is 46.5 Å². The number of rotatable bonds is 7. The zero-order chi connectivity index (χ0) is 8.53. The Morgan fingerprint density at radius 1 is 1.27 bits per heavy atom. The molecule has 0 aromatic rings. The monoisotopic (exact) mass is 219 g/mol. The van der Waals surface area contributed by atoms with Gasteiger partial charge in [-0.15, -0.1) is 0 Å². The molecule has 1 N–H and O–H groups in total. The summed E-state index contributed by atoms with van der Waals surface area (Å²) in [5, 5.41) is 0. The summed E-state index contributed by atoms with van der Waals surface area (Å²) in [4.78, 5) is 0. The first kappa shape index (κ1) is 11.5. The Morgan fingerprint density at radius 3 is 2.55 bits per heavy atom. The average Bonchev–Trinajstić information content (AvgIpc) is 2.04. The van der Waals surface area contributed by atoms with Gasteiger partial charge in [-0.3, -0.25) is 0 Å². The summed E-state index contributed by atoms with van der Waals surface area (Å²) in [6.07, 6.45) is 5.45. The molecule has 0 heterocycles. The molecule has 0 saturated carbocycles. The Bertz CT molecular complexity index is 76.0. The Morgan fingerprint density at radius 2 is 2.00 bits per heavy atom. The Kier molecular flexibility index (Phi) is 9.02. The van der Waals surface area contributed by atoms with Gasteiger partial charge >= 0.3 is 77.9 Å². The van der Waals surface area contributed by atoms with Crippen LogP contribution in [0.15, 0.2) is 0 Å². The van der Waals surface area contributed by atoms with Gasteiger partial charge in [-0.1, -0.05) is 0 Å². The zero-order valence-corrected chi connectivity index (χ0v) is 10.2. The van der Waals surface area contributed by atoms with Gasteiger partial charge in [-0.05, 0) is 0 Å². The van der Waals surface area contributed by atoms with Crippen molar-refractivity contribution in [3.63, 3.8) is 0 Å². The van der Waals surface area contributed by atoms with Crippen LogP contribution in [0.3, 0.4) is 0 Å². The molecule has 0 aromatic heterocycles. The molecular weight excluding hydrogens is 197 g/mol. The molecule has 0 radical (unpaired) electrons. The Labute approximate surface area is 78.2 Å². The molecule has 0 spiro atoms. The van der Waals surface area contributed by atoms with Gasteiger partial charge in [0.15, 0.2) is 0 Å². The minimum absolute atomic E-state index is 0.171. The van der Waals surface area contributed by atoms with Gasteiger partial charge in [-0.2, -0.15) is 0 Å². The summed E-state index contributed by atoms with van der Waals surface area (Å²) in [6.45, 7) is 8.15. The fourth-order valence-corrected chi connectivity index (χ4v) is 2.64. The standard InChI is InChI=1S/C9H22AsN/c1-4-6-7-8-11-10-9(3)5-2/h9-11H,4-8H2,1-3H3. The van der Waals surface area contributed by atoms with Gasteiger partial charge in [0.25, 0.3) is 0 Å². The molecule has 0 rings (SSSR count). The molecule has 2 atom stereocenters. The van der Waals surface area contributed by atoms with Crippen molar-refractivity contribution < 1.29 is 0 Å². The Balaban J connectivity index is 2.89. The molecule has 2 unspecified atom stereocenters. The van der Waals surface area contributed by atoms with E-state index in [-0.39, 0.29) is 16.0 Å². The van der Waals surface area contributed by atoms with Crippen LogP contribution >= 0.6 is 0 Å². The van der Waals surface area contributed by atoms with E-state index in [0.717, 1.165) is 4.71 Å². The number of unbranched alkanes of at least 4 members (excludes halogenated alkanes) is 2. The van der Waals surface area contributed by atoms with Crippen molar-refractivity contribution in [1.29, 1.82) is 0 Å². The van der Waals surface area contributed by atoms with E-state index in [9.17, 15) is 0 Å². The molecule has 0 aliphatic rings. The summed E-state index contributed by atoms with van der Waals surface area (Å²) in [6, 6.07) is 0. The topological polar surface area (TPSA) is 12.0 Å². The quantitative estimate of drug-likeness (QED) is 0.512. The molecule has 0 saturated heterocycles. The van der Waals surface area contributed by atoms with E-state index < -0.39 is 0 Å². The van der Waals surface area contributed by atoms with Gasteiger partial charge < -0.3 is 0 Å². The first-order chi connectivity index (χ1) is 5.31. The first-order valence-corrected chi connectivity index (χ1v) is 7.05. The minimum atomic E-state index is 0.171. The number of hydrogen-bond donors (Lipinski definition) is 1. The summed E-state index contributed by atoms with van der Waals surface area (Å²) >= 11 is 0.171. The molecule has 0 aliphatic heterocycles. The van der Waals surface area contributed by atoms with Crippen LogP contribution in [0.4, 0.5) is 0 Å². The fraction of sp³-hybridized carbons (Fsp3) is 1.00. The molecular formula is C9H22AsN. The molecule has 0 fully saturated rings. The Hall–Kier alpha value is 0.518. The van der Waals surface area contributed by atoms with E-state index in [4.69, 9.17) is 0 Å². The maximum atomic E-state index is 3.60. The second kappa shape index (κ2) is 8.61. The second-order valence-electron chi connectivity index (χ2n) is 3.09. The number of nitrogens with one attached hydrogen (secondary N) is 1. The summed E-state index contributed by atoms with van der Waals surface area (Å²) in [5.74, 6) is 0. The van der Waals surface area contributed by atoms with E-state index in [0.29, 0.717) is 0 Å². The number of hydrogen-bond acceptors (Lipinski definition) is 1. The average molecular weight is 219 g/mol. The molecule has 0 aromatic carbocycles. The van der Waals surface area contributed by atoms with Crippen LogP contribution in [0.5, 0.6) is 0 Å². The van der Waals surface area contributed by atoms with Crippen molar-refractivity contribution in [3.05, 3.63) is 0 Å². The van der Waals surface area contributed by atoms with Crippen LogP contribution in [0, 0.1) is 0 Å². The summed E-state index contributed by atoms with van der Waals surface area (Å²) in [5.41, 5.74) is 0. The van der Waals surface area contributed by atoms with E-state index in [2.05, 4.69) is 25.0 Å². The predicted octanol–water partition coefficient (Wildman–Crippen LogP) is 2.34. The van der Waals surface area contributed by atoms with E-state index in [1.165, 1.54) is 32.2 Å². The molecule has 0 amide bonds. The molecule has 68 valence electrons. The van der Waals surface area contributed by atoms with Gasteiger partial charge in [0, 0.05) is 0 Å². The van der Waals surface area contributed by atoms with Crippen LogP contribution in [-0.2, 0) is 0 Å². The molecule has 2 heteroatoms. The van der Waals surface area contributed by atoms with Crippen LogP contribution in [0.2, 0.25) is 4.71 Å². The third-order valence-corrected chi connectivity index (χ3v) is 4.71. The van der Waals surface area contributed by atoms with Crippen molar-refractivity contribution in [2.75, 3.05) is 6.54 Å². The molecule has 1 nitrogen and oxygen atoms in total. The van der Waals surface area contributed by atoms with Gasteiger partial charge in [-0.25, -0.2) is 0 Å². The van der Waals surface area contributed by atoms with Gasteiger partial charge in [0.05, 0.1) is 0 Å². The molecule has 0 aliphatic carbocycles. The zero-order valence-electron chi connectivity index (χ0n) is 8.11. The van der Waals surface area contributed by atoms with Crippen molar-refractivity contribution >= 4 is 16.0 Å². The normalized spacial score (nSPS) is 14.5. The van der Waals surface area contributed by atoms with Gasteiger partial charge in [0.2, 0.25) is 0 Å². The third-order valence-electron chi connectivity index (χ3n) is 1.87. The summed E-state index contributed by atoms with van der Waals surface area (Å²) in [7, 11) is 0. The van der Waals surface area contributed by atoms with Crippen molar-refractivity contribution in [2.24, 2.45) is 0 Å². The summed E-state index contributed by atoms with van der Waals surface area (Å²) < 4.78 is 4.56. The van der Waals surface area contributed by atoms with Crippen molar-refractivity contribution in [1.82, 2.24) is 4.23 Å².